The molecule has 0 amide bonds. The first-order valence-electron chi connectivity index (χ1n) is 4.39. The third-order valence-corrected chi connectivity index (χ3v) is 7.26. The minimum Gasteiger partial charge on any atom is -0.397 e. The molecule has 1 saturated heterocycles. The number of hydrogen-bond donors (Lipinski definition) is 0. The first-order valence-corrected chi connectivity index (χ1v) is 6.49. The summed E-state index contributed by atoms with van der Waals surface area (Å²) in [5.74, 6) is 0. The van der Waals surface area contributed by atoms with Gasteiger partial charge in [0.2, 0.25) is 0 Å². The second-order valence-electron chi connectivity index (χ2n) is 3.22. The van der Waals surface area contributed by atoms with Crippen molar-refractivity contribution < 1.29 is 8.85 Å². The van der Waals surface area contributed by atoms with Crippen LogP contribution in [0.4, 0.5) is 0 Å². The second kappa shape index (κ2) is 3.69. The van der Waals surface area contributed by atoms with Crippen molar-refractivity contribution in [1.29, 1.82) is 0 Å². The van der Waals surface area contributed by atoms with E-state index in [4.69, 9.17) is 8.85 Å². The van der Waals surface area contributed by atoms with Gasteiger partial charge in [0.15, 0.2) is 0 Å². The highest BCUT2D eigenvalue weighted by atomic mass is 28.4. The molecule has 1 fully saturated rings. The Kier molecular flexibility index (Phi) is 3.10. The van der Waals surface area contributed by atoms with Gasteiger partial charge in [0.25, 0.3) is 0 Å². The Balaban J connectivity index is 2.63. The van der Waals surface area contributed by atoms with Gasteiger partial charge in [-0.15, -0.1) is 0 Å². The third-order valence-electron chi connectivity index (χ3n) is 2.88. The largest absolute Gasteiger partial charge is 0.397 e. The standard InChI is InChI=1S/C8H18O2Si/c1-4-8-6-5-7-11(8,9-2)10-3/h8H,4-7H2,1-3H3. The third kappa shape index (κ3) is 1.50. The molecule has 0 saturated carbocycles. The van der Waals surface area contributed by atoms with Crippen molar-refractivity contribution in [1.82, 2.24) is 0 Å². The zero-order valence-electron chi connectivity index (χ0n) is 7.72. The highest BCUT2D eigenvalue weighted by Crippen LogP contribution is 2.42. The summed E-state index contributed by atoms with van der Waals surface area (Å²) in [6.07, 6.45) is 3.82. The van der Waals surface area contributed by atoms with Crippen LogP contribution in [0, 0.1) is 0 Å². The summed E-state index contributed by atoms with van der Waals surface area (Å²) in [7, 11) is 1.91. The van der Waals surface area contributed by atoms with Crippen LogP contribution in [0.3, 0.4) is 0 Å². The van der Waals surface area contributed by atoms with Crippen molar-refractivity contribution in [3.8, 4) is 0 Å². The highest BCUT2D eigenvalue weighted by molar-refractivity contribution is 6.69. The van der Waals surface area contributed by atoms with E-state index in [0.29, 0.717) is 0 Å². The SMILES string of the molecule is CCC1CCC[Si]1(OC)OC. The molecule has 1 aliphatic rings. The van der Waals surface area contributed by atoms with Gasteiger partial charge in [0.05, 0.1) is 0 Å². The van der Waals surface area contributed by atoms with Crippen molar-refractivity contribution in [2.75, 3.05) is 14.2 Å². The van der Waals surface area contributed by atoms with Crippen LogP contribution in [0.25, 0.3) is 0 Å². The van der Waals surface area contributed by atoms with Crippen molar-refractivity contribution in [2.45, 2.75) is 37.8 Å². The van der Waals surface area contributed by atoms with Crippen molar-refractivity contribution >= 4 is 8.56 Å². The molecular weight excluding hydrogens is 156 g/mol. The lowest BCUT2D eigenvalue weighted by Gasteiger charge is -2.28. The summed E-state index contributed by atoms with van der Waals surface area (Å²) < 4.78 is 11.1. The highest BCUT2D eigenvalue weighted by Gasteiger charge is 2.47. The van der Waals surface area contributed by atoms with Gasteiger partial charge in [-0.25, -0.2) is 0 Å². The number of hydrogen-bond acceptors (Lipinski definition) is 2. The second-order valence-corrected chi connectivity index (χ2v) is 6.97. The van der Waals surface area contributed by atoms with Crippen molar-refractivity contribution in [2.24, 2.45) is 0 Å². The molecule has 0 radical (unpaired) electrons. The summed E-state index contributed by atoms with van der Waals surface area (Å²) in [6.45, 7) is 2.23. The lowest BCUT2D eigenvalue weighted by molar-refractivity contribution is 0.236. The molecule has 0 N–H and O–H groups in total. The first-order chi connectivity index (χ1) is 5.29. The summed E-state index contributed by atoms with van der Waals surface area (Å²) in [6, 6.07) is 1.19. The molecule has 0 aromatic rings. The molecule has 0 bridgehead atoms. The van der Waals surface area contributed by atoms with Crippen LogP contribution in [-0.2, 0) is 8.85 Å². The van der Waals surface area contributed by atoms with Crippen LogP contribution in [0.15, 0.2) is 0 Å². The van der Waals surface area contributed by atoms with Gasteiger partial charge >= 0.3 is 8.56 Å². The fourth-order valence-electron chi connectivity index (χ4n) is 2.15. The molecule has 11 heavy (non-hydrogen) atoms. The van der Waals surface area contributed by atoms with Crippen LogP contribution in [0.5, 0.6) is 0 Å². The van der Waals surface area contributed by atoms with E-state index >= 15 is 0 Å². The quantitative estimate of drug-likeness (QED) is 0.611. The summed E-state index contributed by atoms with van der Waals surface area (Å²) >= 11 is 0. The van der Waals surface area contributed by atoms with Gasteiger partial charge in [0.1, 0.15) is 0 Å². The van der Waals surface area contributed by atoms with E-state index in [9.17, 15) is 0 Å². The average Bonchev–Trinajstić information content (AvgIpc) is 2.47. The smallest absolute Gasteiger partial charge is 0.340 e. The molecule has 0 aromatic carbocycles. The molecular formula is C8H18O2Si. The minimum absolute atomic E-state index is 0.734. The Morgan fingerprint density at radius 1 is 1.36 bits per heavy atom. The molecule has 1 heterocycles. The van der Waals surface area contributed by atoms with E-state index in [0.717, 1.165) is 5.54 Å². The summed E-state index contributed by atoms with van der Waals surface area (Å²) in [5.41, 5.74) is 0.734. The van der Waals surface area contributed by atoms with Gasteiger partial charge in [0, 0.05) is 19.8 Å². The van der Waals surface area contributed by atoms with Crippen LogP contribution in [0.2, 0.25) is 11.6 Å². The van der Waals surface area contributed by atoms with Crippen LogP contribution >= 0.6 is 0 Å². The normalized spacial score (nSPS) is 29.2. The van der Waals surface area contributed by atoms with E-state index in [1.807, 2.05) is 14.2 Å². The monoisotopic (exact) mass is 174 g/mol. The Morgan fingerprint density at radius 3 is 2.36 bits per heavy atom. The molecule has 0 aromatic heterocycles. The fourth-order valence-corrected chi connectivity index (χ4v) is 5.77. The predicted molar refractivity (Wildman–Crippen MR) is 47.9 cm³/mol. The summed E-state index contributed by atoms with van der Waals surface area (Å²) in [5, 5.41) is 0. The molecule has 2 nitrogen and oxygen atoms in total. The molecule has 3 heteroatoms. The Labute approximate surface area is 70.1 Å². The van der Waals surface area contributed by atoms with E-state index < -0.39 is 8.56 Å². The van der Waals surface area contributed by atoms with Gasteiger partial charge in [-0.2, -0.15) is 0 Å². The van der Waals surface area contributed by atoms with Crippen molar-refractivity contribution in [3.63, 3.8) is 0 Å². The first kappa shape index (κ1) is 9.23. The maximum absolute atomic E-state index is 5.57. The van der Waals surface area contributed by atoms with E-state index in [2.05, 4.69) is 6.92 Å². The molecule has 1 unspecified atom stereocenters. The van der Waals surface area contributed by atoms with Gasteiger partial charge in [-0.3, -0.25) is 0 Å². The van der Waals surface area contributed by atoms with Crippen molar-refractivity contribution in [3.05, 3.63) is 0 Å². The Bertz CT molecular complexity index is 123. The van der Waals surface area contributed by atoms with Crippen LogP contribution in [-0.4, -0.2) is 22.8 Å². The fraction of sp³-hybridized carbons (Fsp3) is 1.00. The Hall–Kier alpha value is 0.137. The zero-order chi connectivity index (χ0) is 8.32. The Morgan fingerprint density at radius 2 is 2.00 bits per heavy atom. The molecule has 0 spiro atoms. The van der Waals surface area contributed by atoms with Crippen LogP contribution in [0.1, 0.15) is 26.2 Å². The predicted octanol–water partition coefficient (Wildman–Crippen LogP) is 2.30. The van der Waals surface area contributed by atoms with Gasteiger partial charge in [-0.05, 0) is 12.5 Å². The van der Waals surface area contributed by atoms with Crippen LogP contribution < -0.4 is 0 Å². The van der Waals surface area contributed by atoms with E-state index in [-0.39, 0.29) is 0 Å². The molecule has 0 aliphatic carbocycles. The maximum Gasteiger partial charge on any atom is 0.340 e. The van der Waals surface area contributed by atoms with Gasteiger partial charge < -0.3 is 8.85 Å². The molecule has 1 rings (SSSR count). The van der Waals surface area contributed by atoms with E-state index in [1.165, 1.54) is 25.3 Å². The molecule has 66 valence electrons. The number of rotatable bonds is 3. The van der Waals surface area contributed by atoms with Gasteiger partial charge in [-0.1, -0.05) is 19.8 Å². The van der Waals surface area contributed by atoms with E-state index in [1.54, 1.807) is 0 Å². The summed E-state index contributed by atoms with van der Waals surface area (Å²) in [4.78, 5) is 0. The molecule has 1 aliphatic heterocycles. The lowest BCUT2D eigenvalue weighted by Crippen LogP contribution is -2.40. The minimum atomic E-state index is -1.71. The maximum atomic E-state index is 5.57. The average molecular weight is 174 g/mol. The zero-order valence-corrected chi connectivity index (χ0v) is 8.72. The topological polar surface area (TPSA) is 18.5 Å². The molecule has 1 atom stereocenters. The lowest BCUT2D eigenvalue weighted by atomic mass is 10.2.